The van der Waals surface area contributed by atoms with Crippen LogP contribution in [0.2, 0.25) is 0 Å². The van der Waals surface area contributed by atoms with Gasteiger partial charge in [0, 0.05) is 55.7 Å². The summed E-state index contributed by atoms with van der Waals surface area (Å²) in [6.07, 6.45) is 5.01. The van der Waals surface area contributed by atoms with Crippen LogP contribution in [0.1, 0.15) is 39.2 Å². The Kier molecular flexibility index (Phi) is 6.69. The number of aliphatic hydroxyl groups excluding tert-OH is 1. The van der Waals surface area contributed by atoms with Crippen LogP contribution in [-0.4, -0.2) is 93.4 Å². The van der Waals surface area contributed by atoms with Gasteiger partial charge in [-0.3, -0.25) is 4.79 Å². The molecule has 2 atom stereocenters. The molecule has 11 heteroatoms. The molecule has 0 spiro atoms. The fraction of sp³-hybridized carbons (Fsp3) is 0.640. The Balaban J connectivity index is 1.42. The Bertz CT molecular complexity index is 1110. The molecule has 0 aromatic carbocycles. The smallest absolute Gasteiger partial charge is 0.251 e. The lowest BCUT2D eigenvalue weighted by Gasteiger charge is -2.46. The zero-order chi connectivity index (χ0) is 25.6. The van der Waals surface area contributed by atoms with Gasteiger partial charge in [-0.2, -0.15) is 4.98 Å². The molecular weight excluding hydrogens is 460 g/mol. The van der Waals surface area contributed by atoms with Crippen molar-refractivity contribution < 1.29 is 14.6 Å². The van der Waals surface area contributed by atoms with Crippen LogP contribution in [0.25, 0.3) is 11.3 Å². The summed E-state index contributed by atoms with van der Waals surface area (Å²) in [6.45, 7) is 8.69. The standard InChI is InChI=1S/C25H36N8O3/c1-14(2)21(34)23(35)31(4)17-9-18(10-17)33-6-5-19-20(16-11-27-24(26)28-12-16)29-25(30-22(19)33)32-7-8-36-13-15(32)3/h11-12,14-15,17-18,21,34H,5-10,13H2,1-4H3,(H2,26,27,28)/t15-,17-,18-,21+/m0/s1. The second kappa shape index (κ2) is 9.78. The summed E-state index contributed by atoms with van der Waals surface area (Å²) in [5.74, 6) is 1.56. The number of fused-ring (bicyclic) bond motifs is 1. The van der Waals surface area contributed by atoms with E-state index in [1.165, 1.54) is 0 Å². The fourth-order valence-corrected chi connectivity index (χ4v) is 5.28. The molecule has 2 aromatic heterocycles. The van der Waals surface area contributed by atoms with Crippen molar-refractivity contribution in [1.29, 1.82) is 0 Å². The lowest BCUT2D eigenvalue weighted by atomic mass is 9.84. The maximum absolute atomic E-state index is 12.6. The van der Waals surface area contributed by atoms with Gasteiger partial charge in [-0.15, -0.1) is 0 Å². The zero-order valence-corrected chi connectivity index (χ0v) is 21.5. The molecule has 0 radical (unpaired) electrons. The minimum absolute atomic E-state index is 0.102. The highest BCUT2D eigenvalue weighted by atomic mass is 16.5. The number of ether oxygens (including phenoxy) is 1. The molecule has 1 saturated heterocycles. The van der Waals surface area contributed by atoms with E-state index in [9.17, 15) is 9.90 Å². The second-order valence-corrected chi connectivity index (χ2v) is 10.5. The summed E-state index contributed by atoms with van der Waals surface area (Å²) < 4.78 is 5.63. The fourth-order valence-electron chi connectivity index (χ4n) is 5.28. The largest absolute Gasteiger partial charge is 0.383 e. The summed E-state index contributed by atoms with van der Waals surface area (Å²) in [6, 6.07) is 0.566. The second-order valence-electron chi connectivity index (χ2n) is 10.5. The predicted octanol–water partition coefficient (Wildman–Crippen LogP) is 1.11. The van der Waals surface area contributed by atoms with E-state index in [0.717, 1.165) is 55.0 Å². The van der Waals surface area contributed by atoms with E-state index in [0.29, 0.717) is 19.2 Å². The molecule has 5 rings (SSSR count). The molecule has 2 aliphatic heterocycles. The number of carbonyl (C=O) groups is 1. The number of aromatic nitrogens is 4. The molecule has 194 valence electrons. The molecule has 2 fully saturated rings. The molecule has 1 aliphatic carbocycles. The monoisotopic (exact) mass is 496 g/mol. The molecule has 1 saturated carbocycles. The van der Waals surface area contributed by atoms with Gasteiger partial charge < -0.3 is 30.3 Å². The molecule has 36 heavy (non-hydrogen) atoms. The van der Waals surface area contributed by atoms with E-state index in [1.54, 1.807) is 24.3 Å². The number of hydrogen-bond donors (Lipinski definition) is 2. The maximum atomic E-state index is 12.6. The van der Waals surface area contributed by atoms with Crippen molar-refractivity contribution in [3.05, 3.63) is 18.0 Å². The molecule has 1 amide bonds. The van der Waals surface area contributed by atoms with E-state index in [1.807, 2.05) is 13.8 Å². The number of nitrogen functional groups attached to an aromatic ring is 1. The first-order chi connectivity index (χ1) is 17.2. The lowest BCUT2D eigenvalue weighted by molar-refractivity contribution is -0.145. The van der Waals surface area contributed by atoms with E-state index < -0.39 is 6.10 Å². The maximum Gasteiger partial charge on any atom is 0.251 e. The first-order valence-corrected chi connectivity index (χ1v) is 12.8. The van der Waals surface area contributed by atoms with E-state index >= 15 is 0 Å². The molecule has 4 heterocycles. The zero-order valence-electron chi connectivity index (χ0n) is 21.5. The van der Waals surface area contributed by atoms with Crippen LogP contribution in [0.3, 0.4) is 0 Å². The number of nitrogens with two attached hydrogens (primary N) is 1. The average Bonchev–Trinajstić information content (AvgIpc) is 3.26. The number of likely N-dealkylation sites (N-methyl/N-ethyl adjacent to an activating group) is 1. The summed E-state index contributed by atoms with van der Waals surface area (Å²) in [5.41, 5.74) is 8.50. The van der Waals surface area contributed by atoms with Gasteiger partial charge in [0.1, 0.15) is 11.9 Å². The van der Waals surface area contributed by atoms with Crippen LogP contribution in [0.15, 0.2) is 12.4 Å². The van der Waals surface area contributed by atoms with Gasteiger partial charge >= 0.3 is 0 Å². The van der Waals surface area contributed by atoms with Gasteiger partial charge in [0.05, 0.1) is 24.9 Å². The van der Waals surface area contributed by atoms with Crippen molar-refractivity contribution in [3.8, 4) is 11.3 Å². The normalized spacial score (nSPS) is 24.4. The van der Waals surface area contributed by atoms with Crippen molar-refractivity contribution in [2.45, 2.75) is 64.3 Å². The van der Waals surface area contributed by atoms with Crippen LogP contribution in [0.5, 0.6) is 0 Å². The van der Waals surface area contributed by atoms with Crippen LogP contribution in [0, 0.1) is 5.92 Å². The number of morpholine rings is 1. The highest BCUT2D eigenvalue weighted by Crippen LogP contribution is 2.41. The Labute approximate surface area is 211 Å². The number of rotatable bonds is 6. The number of nitrogens with zero attached hydrogens (tertiary/aromatic N) is 7. The number of hydrogen-bond acceptors (Lipinski definition) is 10. The van der Waals surface area contributed by atoms with E-state index in [4.69, 9.17) is 20.4 Å². The highest BCUT2D eigenvalue weighted by Gasteiger charge is 2.42. The van der Waals surface area contributed by atoms with Crippen LogP contribution < -0.4 is 15.5 Å². The molecule has 2 aromatic rings. The molecule has 11 nitrogen and oxygen atoms in total. The van der Waals surface area contributed by atoms with Gasteiger partial charge in [0.2, 0.25) is 11.9 Å². The van der Waals surface area contributed by atoms with Crippen molar-refractivity contribution in [1.82, 2.24) is 24.8 Å². The highest BCUT2D eigenvalue weighted by molar-refractivity contribution is 5.81. The first kappa shape index (κ1) is 24.6. The van der Waals surface area contributed by atoms with E-state index in [-0.39, 0.29) is 35.9 Å². The number of carbonyl (C=O) groups excluding carboxylic acids is 1. The first-order valence-electron chi connectivity index (χ1n) is 12.8. The average molecular weight is 497 g/mol. The van der Waals surface area contributed by atoms with Crippen molar-refractivity contribution in [2.75, 3.05) is 48.9 Å². The van der Waals surface area contributed by atoms with E-state index in [2.05, 4.69) is 26.7 Å². The Hall–Kier alpha value is -3.05. The molecule has 3 aliphatic rings. The third-order valence-electron chi connectivity index (χ3n) is 7.73. The predicted molar refractivity (Wildman–Crippen MR) is 137 cm³/mol. The van der Waals surface area contributed by atoms with Gasteiger partial charge in [0.25, 0.3) is 5.91 Å². The van der Waals surface area contributed by atoms with Gasteiger partial charge in [-0.25, -0.2) is 15.0 Å². The van der Waals surface area contributed by atoms with Crippen molar-refractivity contribution >= 4 is 23.6 Å². The Morgan fingerprint density at radius 3 is 2.58 bits per heavy atom. The lowest BCUT2D eigenvalue weighted by Crippen LogP contribution is -2.56. The SMILES string of the molecule is CC(C)[C@@H](O)C(=O)N(C)[C@H]1C[C@H](N2CCc3c(-c4cnc(N)nc4)nc(N4CCOC[C@@H]4C)nc32)C1. The third kappa shape index (κ3) is 4.45. The quantitative estimate of drug-likeness (QED) is 0.599. The third-order valence-corrected chi connectivity index (χ3v) is 7.73. The summed E-state index contributed by atoms with van der Waals surface area (Å²) in [5, 5.41) is 10.2. The van der Waals surface area contributed by atoms with Crippen LogP contribution in [-0.2, 0) is 16.0 Å². The topological polar surface area (TPSA) is 134 Å². The Morgan fingerprint density at radius 1 is 1.19 bits per heavy atom. The summed E-state index contributed by atoms with van der Waals surface area (Å²) >= 11 is 0. The van der Waals surface area contributed by atoms with Crippen molar-refractivity contribution in [2.24, 2.45) is 5.92 Å². The number of amides is 1. The number of anilines is 3. The molecule has 0 unspecified atom stereocenters. The van der Waals surface area contributed by atoms with Gasteiger partial charge in [-0.1, -0.05) is 13.8 Å². The van der Waals surface area contributed by atoms with Crippen molar-refractivity contribution in [3.63, 3.8) is 0 Å². The van der Waals surface area contributed by atoms with Crippen LogP contribution >= 0.6 is 0 Å². The van der Waals surface area contributed by atoms with Gasteiger partial charge in [-0.05, 0) is 32.1 Å². The molecule has 3 N–H and O–H groups in total. The molecule has 0 bridgehead atoms. The summed E-state index contributed by atoms with van der Waals surface area (Å²) in [7, 11) is 1.80. The minimum Gasteiger partial charge on any atom is -0.383 e. The molecular formula is C25H36N8O3. The van der Waals surface area contributed by atoms with Crippen LogP contribution in [0.4, 0.5) is 17.7 Å². The number of aliphatic hydroxyl groups is 1. The van der Waals surface area contributed by atoms with Gasteiger partial charge in [0.15, 0.2) is 0 Å². The Morgan fingerprint density at radius 2 is 1.92 bits per heavy atom. The minimum atomic E-state index is -0.961. The summed E-state index contributed by atoms with van der Waals surface area (Å²) in [4.78, 5) is 37.4.